The van der Waals surface area contributed by atoms with E-state index in [2.05, 4.69) is 147 Å². The van der Waals surface area contributed by atoms with Gasteiger partial charge in [-0.25, -0.2) is 9.13 Å². The van der Waals surface area contributed by atoms with E-state index in [9.17, 15) is 64.3 Å². The molecular formula is C77H127NO22P2. The van der Waals surface area contributed by atoms with Crippen molar-refractivity contribution in [3.05, 3.63) is 128 Å². The van der Waals surface area contributed by atoms with Gasteiger partial charge in [0.25, 0.3) is 0 Å². The average Bonchev–Trinajstić information content (AvgIpc) is 0.771. The quantitative estimate of drug-likeness (QED) is 0.0154. The summed E-state index contributed by atoms with van der Waals surface area (Å²) in [6, 6.07) is -1.86. The third-order valence-corrected chi connectivity index (χ3v) is 20.8. The molecule has 17 atom stereocenters. The molecule has 3 aliphatic heterocycles. The summed E-state index contributed by atoms with van der Waals surface area (Å²) < 4.78 is 75.4. The fourth-order valence-electron chi connectivity index (χ4n) is 11.9. The molecule has 0 aliphatic carbocycles. The van der Waals surface area contributed by atoms with Gasteiger partial charge in [0, 0.05) is 13.8 Å². The van der Waals surface area contributed by atoms with Crippen molar-refractivity contribution >= 4 is 27.5 Å². The van der Waals surface area contributed by atoms with E-state index in [0.717, 1.165) is 135 Å². The molecule has 3 fully saturated rings. The number of hydrogen-bond donors (Lipinski definition) is 10. The number of nitrogens with one attached hydrogen (secondary N) is 1. The fourth-order valence-corrected chi connectivity index (χ4v) is 14.0. The Morgan fingerprint density at radius 2 is 0.745 bits per heavy atom. The molecular weight excluding hydrogens is 1350 g/mol. The van der Waals surface area contributed by atoms with Crippen molar-refractivity contribution < 1.29 is 106 Å². The lowest BCUT2D eigenvalue weighted by Gasteiger charge is -2.49. The molecule has 0 aromatic carbocycles. The number of carbonyl (C=O) groups is 2. The number of carbonyl (C=O) groups excluding carboxylic acids is 2. The molecule has 0 bridgehead atoms. The highest BCUT2D eigenvalue weighted by Crippen LogP contribution is 2.61. The Balaban J connectivity index is 1.40. The maximum Gasteiger partial charge on any atom is 0.483 e. The van der Waals surface area contributed by atoms with E-state index in [1.54, 1.807) is 6.92 Å². The van der Waals surface area contributed by atoms with Crippen molar-refractivity contribution in [2.75, 3.05) is 19.8 Å². The minimum Gasteiger partial charge on any atom is -0.454 e. The highest BCUT2D eigenvalue weighted by atomic mass is 31.3. The van der Waals surface area contributed by atoms with Gasteiger partial charge in [-0.3, -0.25) is 18.6 Å². The Morgan fingerprint density at radius 1 is 0.402 bits per heavy atom. The van der Waals surface area contributed by atoms with E-state index < -0.39 is 139 Å². The van der Waals surface area contributed by atoms with Crippen LogP contribution in [0.15, 0.2) is 128 Å². The van der Waals surface area contributed by atoms with Crippen molar-refractivity contribution in [3.8, 4) is 0 Å². The van der Waals surface area contributed by atoms with E-state index in [-0.39, 0.29) is 0 Å². The van der Waals surface area contributed by atoms with Crippen LogP contribution in [0.5, 0.6) is 0 Å². The molecule has 17 unspecified atom stereocenters. The number of phosphoric acid groups is 2. The van der Waals surface area contributed by atoms with Crippen LogP contribution in [-0.4, -0.2) is 169 Å². The summed E-state index contributed by atoms with van der Waals surface area (Å²) in [6.45, 7) is 27.0. The number of rotatable bonds is 45. The summed E-state index contributed by atoms with van der Waals surface area (Å²) >= 11 is 0. The van der Waals surface area contributed by atoms with Crippen LogP contribution in [0.3, 0.4) is 0 Å². The van der Waals surface area contributed by atoms with Crippen LogP contribution < -0.4 is 5.32 Å². The largest absolute Gasteiger partial charge is 0.483 e. The lowest BCUT2D eigenvalue weighted by molar-refractivity contribution is -0.370. The summed E-state index contributed by atoms with van der Waals surface area (Å²) in [5.41, 5.74) is 15.0. The predicted octanol–water partition coefficient (Wildman–Crippen LogP) is 13.7. The Labute approximate surface area is 608 Å². The fraction of sp³-hybridized carbons (Fsp3) is 0.688. The molecule has 102 heavy (non-hydrogen) atoms. The number of hydrogen-bond acceptors (Lipinski definition) is 20. The number of ether oxygens (including phenoxy) is 6. The number of esters is 1. The molecule has 0 radical (unpaired) electrons. The molecule has 3 heterocycles. The second-order valence-electron chi connectivity index (χ2n) is 28.2. The topological polar surface area (TPSA) is 345 Å². The number of allylic oxidation sites excluding steroid dienone is 21. The molecule has 0 aromatic heterocycles. The summed E-state index contributed by atoms with van der Waals surface area (Å²) in [4.78, 5) is 46.5. The maximum absolute atomic E-state index is 13.5. The normalized spacial score (nSPS) is 28.4. The minimum absolute atomic E-state index is 0.521. The van der Waals surface area contributed by atoms with Gasteiger partial charge in [-0.2, -0.15) is 4.31 Å². The van der Waals surface area contributed by atoms with Gasteiger partial charge in [-0.05, 0) is 218 Å². The predicted molar refractivity (Wildman–Crippen MR) is 396 cm³/mol. The highest BCUT2D eigenvalue weighted by Gasteiger charge is 2.56. The average molecular weight is 1480 g/mol. The van der Waals surface area contributed by atoms with E-state index in [1.807, 2.05) is 0 Å². The van der Waals surface area contributed by atoms with Crippen LogP contribution in [0.4, 0.5) is 0 Å². The Kier molecular flexibility index (Phi) is 43.5. The Bertz CT molecular complexity index is 3030. The van der Waals surface area contributed by atoms with Crippen LogP contribution in [-0.2, 0) is 60.5 Å². The van der Waals surface area contributed by atoms with Crippen molar-refractivity contribution in [2.24, 2.45) is 0 Å². The molecule has 582 valence electrons. The van der Waals surface area contributed by atoms with Crippen molar-refractivity contribution in [1.29, 1.82) is 0 Å². The van der Waals surface area contributed by atoms with Crippen molar-refractivity contribution in [2.45, 2.75) is 324 Å². The number of aliphatic hydroxyl groups is 7. The molecule has 25 heteroatoms. The summed E-state index contributed by atoms with van der Waals surface area (Å²) in [6.07, 6.45) is 20.3. The zero-order valence-corrected chi connectivity index (χ0v) is 65.3. The van der Waals surface area contributed by atoms with Crippen LogP contribution in [0, 0.1) is 0 Å². The zero-order valence-electron chi connectivity index (χ0n) is 63.5. The number of amides is 1. The van der Waals surface area contributed by atoms with Gasteiger partial charge in [0.15, 0.2) is 25.0 Å². The molecule has 1 amide bonds. The van der Waals surface area contributed by atoms with Crippen LogP contribution in [0.1, 0.15) is 232 Å². The third-order valence-electron chi connectivity index (χ3n) is 18.2. The zero-order chi connectivity index (χ0) is 76.3. The summed E-state index contributed by atoms with van der Waals surface area (Å²) in [5, 5.41) is 76.4. The van der Waals surface area contributed by atoms with Crippen LogP contribution >= 0.6 is 15.6 Å². The van der Waals surface area contributed by atoms with E-state index >= 15 is 0 Å². The monoisotopic (exact) mass is 1480 g/mol. The molecule has 3 aliphatic rings. The third kappa shape index (κ3) is 36.4. The molecule has 23 nitrogen and oxygen atoms in total. The van der Waals surface area contributed by atoms with Gasteiger partial charge in [-0.15, -0.1) is 0 Å². The first kappa shape index (κ1) is 92.1. The Hall–Kier alpha value is -4.14. The van der Waals surface area contributed by atoms with E-state index in [1.165, 1.54) is 68.7 Å². The van der Waals surface area contributed by atoms with Gasteiger partial charge in [0.2, 0.25) is 5.91 Å². The molecule has 10 N–H and O–H groups in total. The van der Waals surface area contributed by atoms with Gasteiger partial charge in [0.05, 0.1) is 25.9 Å². The standard InChI is InChI=1S/C77H127NO22P2/c1-50(2)26-16-27-51(3)28-17-29-52(4)30-18-31-53(5)32-19-33-54(6)34-20-35-55(7)36-21-37-56(8)38-22-39-57(9)40-23-41-58(10)42-24-43-59(11)44-25-45-60(12)46-47-92-101(88,89)100-102(90,91)99-75-66(78-62(14)81)72(69(85)65(49-80)95-75)97-77-74(94-63(15)82)73(67(83)61(13)93-77)98-76-71(87)70(86)68(84)64(48-79)96-76/h26,28,30,32,34,36,38,40,42,44,46,61,64-77,79-80,83-87H,16-25,27,29,31,33,35,37,39,41,43,45,47-49H2,1-15H3,(H,78,81)(H,88,89)(H,90,91)/b51-28+,52-30+,53-32+,54-34+,55-36+,56-38+,57-40+,58-42+,59-44+,60-46+. The van der Waals surface area contributed by atoms with Crippen molar-refractivity contribution in [3.63, 3.8) is 0 Å². The summed E-state index contributed by atoms with van der Waals surface area (Å²) in [7, 11) is -11.2. The molecule has 0 spiro atoms. The van der Waals surface area contributed by atoms with E-state index in [4.69, 9.17) is 37.5 Å². The Morgan fingerprint density at radius 3 is 1.10 bits per heavy atom. The van der Waals surface area contributed by atoms with E-state index in [0.29, 0.717) is 12.8 Å². The van der Waals surface area contributed by atoms with Gasteiger partial charge < -0.3 is 79.3 Å². The first-order chi connectivity index (χ1) is 48.0. The van der Waals surface area contributed by atoms with Crippen molar-refractivity contribution in [1.82, 2.24) is 5.32 Å². The second kappa shape index (κ2) is 48.2. The lowest BCUT2D eigenvalue weighted by atomic mass is 9.95. The first-order valence-corrected chi connectivity index (χ1v) is 39.3. The molecule has 3 saturated heterocycles. The number of aliphatic hydroxyl groups excluding tert-OH is 7. The molecule has 3 rings (SSSR count). The summed E-state index contributed by atoms with van der Waals surface area (Å²) in [5.74, 6) is -1.88. The molecule has 0 saturated carbocycles. The lowest BCUT2D eigenvalue weighted by Crippen LogP contribution is -2.68. The van der Waals surface area contributed by atoms with Gasteiger partial charge >= 0.3 is 21.6 Å². The number of phosphoric ester groups is 2. The smallest absolute Gasteiger partial charge is 0.454 e. The minimum atomic E-state index is -5.76. The SMILES string of the molecule is CC(=O)NC1C(OP(=O)(O)OP(=O)(O)OC/C=C(\C)CC/C=C(\C)CC/C=C(\C)CC/C=C(\C)CC/C=C(\C)CC/C=C(\C)CC/C=C(\C)CC/C=C(\C)CC/C=C(\C)CC/C=C(\C)CCC=C(C)C)OC(CO)C(O)C1OC1OC(C)C(O)C(OC2OC(CO)C(O)C(O)C2O)C1OC(C)=O. The van der Waals surface area contributed by atoms with Crippen LogP contribution in [0.2, 0.25) is 0 Å². The van der Waals surface area contributed by atoms with Gasteiger partial charge in [-0.1, -0.05) is 128 Å². The second-order valence-corrected chi connectivity index (χ2v) is 31.2. The first-order valence-electron chi connectivity index (χ1n) is 36.3. The molecule has 0 aromatic rings. The highest BCUT2D eigenvalue weighted by molar-refractivity contribution is 7.61. The maximum atomic E-state index is 13.5. The van der Waals surface area contributed by atoms with Crippen LogP contribution in [0.25, 0.3) is 0 Å². The van der Waals surface area contributed by atoms with Gasteiger partial charge in [0.1, 0.15) is 61.0 Å².